The number of nitrogens with one attached hydrogen (secondary N) is 1. The number of ether oxygens (including phenoxy) is 2. The number of anilines is 2. The molecule has 150 valence electrons. The fourth-order valence-electron chi connectivity index (χ4n) is 3.35. The van der Waals surface area contributed by atoms with Crippen LogP contribution in [-0.2, 0) is 4.74 Å². The van der Waals surface area contributed by atoms with Gasteiger partial charge < -0.3 is 19.9 Å². The van der Waals surface area contributed by atoms with Gasteiger partial charge in [0, 0.05) is 24.6 Å². The molecule has 3 aromatic carbocycles. The third-order valence-electron chi connectivity index (χ3n) is 4.85. The first-order chi connectivity index (χ1) is 14.0. The van der Waals surface area contributed by atoms with E-state index in [9.17, 15) is 14.3 Å². The van der Waals surface area contributed by atoms with Crippen molar-refractivity contribution in [2.75, 3.05) is 18.5 Å². The van der Waals surface area contributed by atoms with Gasteiger partial charge in [-0.3, -0.25) is 0 Å². The van der Waals surface area contributed by atoms with Gasteiger partial charge in [0.05, 0.1) is 29.5 Å². The first-order valence-electron chi connectivity index (χ1n) is 9.27. The highest BCUT2D eigenvalue weighted by Gasteiger charge is 2.20. The number of rotatable bonds is 5. The molecule has 0 amide bonds. The monoisotopic (exact) mass is 415 g/mol. The van der Waals surface area contributed by atoms with Gasteiger partial charge in [0.1, 0.15) is 17.7 Å². The van der Waals surface area contributed by atoms with Crippen molar-refractivity contribution in [3.63, 3.8) is 0 Å². The summed E-state index contributed by atoms with van der Waals surface area (Å²) in [6.45, 7) is 1.25. The zero-order valence-electron chi connectivity index (χ0n) is 15.5. The van der Waals surface area contributed by atoms with Gasteiger partial charge in [0.2, 0.25) is 0 Å². The second-order valence-corrected chi connectivity index (χ2v) is 7.30. The van der Waals surface area contributed by atoms with Gasteiger partial charge in [-0.15, -0.1) is 0 Å². The normalized spacial score (nSPS) is 14.7. The summed E-state index contributed by atoms with van der Waals surface area (Å²) in [6, 6.07) is 12.9. The number of aromatic carboxylic acids is 1. The molecular formula is C22H19ClFNO4. The minimum atomic E-state index is -1.10. The highest BCUT2D eigenvalue weighted by atomic mass is 35.5. The molecule has 0 aromatic heterocycles. The number of fused-ring (bicyclic) bond motifs is 1. The third-order valence-corrected chi connectivity index (χ3v) is 5.14. The van der Waals surface area contributed by atoms with E-state index in [1.807, 2.05) is 6.07 Å². The number of carbonyl (C=O) groups is 1. The Bertz CT molecular complexity index is 1070. The molecular weight excluding hydrogens is 397 g/mol. The van der Waals surface area contributed by atoms with Crippen LogP contribution in [0.1, 0.15) is 23.2 Å². The average Bonchev–Trinajstić information content (AvgIpc) is 2.71. The third kappa shape index (κ3) is 4.44. The van der Waals surface area contributed by atoms with Crippen LogP contribution in [0.4, 0.5) is 15.8 Å². The van der Waals surface area contributed by atoms with Gasteiger partial charge in [-0.05, 0) is 41.1 Å². The van der Waals surface area contributed by atoms with Crippen molar-refractivity contribution < 1.29 is 23.8 Å². The molecule has 1 saturated heterocycles. The van der Waals surface area contributed by atoms with Crippen molar-refractivity contribution >= 4 is 39.7 Å². The summed E-state index contributed by atoms with van der Waals surface area (Å²) in [5.74, 6) is -0.984. The molecule has 4 rings (SSSR count). The van der Waals surface area contributed by atoms with Crippen LogP contribution in [0.3, 0.4) is 0 Å². The number of halogens is 2. The lowest BCUT2D eigenvalue weighted by atomic mass is 10.1. The van der Waals surface area contributed by atoms with Gasteiger partial charge in [-0.2, -0.15) is 0 Å². The number of hydrogen-bond acceptors (Lipinski definition) is 4. The number of benzene rings is 3. The molecule has 0 unspecified atom stereocenters. The number of carboxylic acid groups (broad SMARTS) is 1. The van der Waals surface area contributed by atoms with Crippen LogP contribution >= 0.6 is 11.6 Å². The molecule has 1 aliphatic rings. The van der Waals surface area contributed by atoms with E-state index in [0.717, 1.165) is 23.6 Å². The highest BCUT2D eigenvalue weighted by Crippen LogP contribution is 2.35. The van der Waals surface area contributed by atoms with Crippen LogP contribution in [0.2, 0.25) is 5.02 Å². The quantitative estimate of drug-likeness (QED) is 0.565. The fourth-order valence-corrected chi connectivity index (χ4v) is 3.56. The summed E-state index contributed by atoms with van der Waals surface area (Å²) in [4.78, 5) is 11.7. The Hall–Kier alpha value is -2.83. The molecule has 0 atom stereocenters. The standard InChI is InChI=1S/C22H19ClFNO4/c23-19-11-18(22(26)27)20(12-21(19)29-17-5-7-28-8-6-17)25-16-4-2-13-9-15(24)3-1-14(13)10-16/h1-4,9-12,17,25H,5-8H2,(H,26,27). The Balaban J connectivity index is 1.66. The average molecular weight is 416 g/mol. The predicted molar refractivity (Wildman–Crippen MR) is 110 cm³/mol. The predicted octanol–water partition coefficient (Wildman–Crippen LogP) is 5.63. The van der Waals surface area contributed by atoms with Crippen molar-refractivity contribution in [2.45, 2.75) is 18.9 Å². The van der Waals surface area contributed by atoms with Crippen molar-refractivity contribution in [2.24, 2.45) is 0 Å². The van der Waals surface area contributed by atoms with Gasteiger partial charge >= 0.3 is 5.97 Å². The van der Waals surface area contributed by atoms with Gasteiger partial charge in [0.25, 0.3) is 0 Å². The maximum absolute atomic E-state index is 13.4. The molecule has 0 aliphatic carbocycles. The topological polar surface area (TPSA) is 67.8 Å². The van der Waals surface area contributed by atoms with Gasteiger partial charge in [-0.25, -0.2) is 9.18 Å². The second-order valence-electron chi connectivity index (χ2n) is 6.89. The molecule has 1 fully saturated rings. The smallest absolute Gasteiger partial charge is 0.337 e. The van der Waals surface area contributed by atoms with E-state index < -0.39 is 5.97 Å². The Morgan fingerprint density at radius 2 is 1.83 bits per heavy atom. The van der Waals surface area contributed by atoms with Gasteiger partial charge in [-0.1, -0.05) is 23.7 Å². The van der Waals surface area contributed by atoms with Crippen LogP contribution in [0.15, 0.2) is 48.5 Å². The molecule has 0 spiro atoms. The van der Waals surface area contributed by atoms with E-state index in [2.05, 4.69) is 5.32 Å². The van der Waals surface area contributed by atoms with E-state index in [1.54, 1.807) is 24.3 Å². The van der Waals surface area contributed by atoms with Crippen molar-refractivity contribution in [3.05, 3.63) is 64.9 Å². The molecule has 1 heterocycles. The van der Waals surface area contributed by atoms with Crippen LogP contribution in [0, 0.1) is 5.82 Å². The zero-order chi connectivity index (χ0) is 20.4. The lowest BCUT2D eigenvalue weighted by Gasteiger charge is -2.24. The molecule has 0 saturated carbocycles. The summed E-state index contributed by atoms with van der Waals surface area (Å²) >= 11 is 6.28. The molecule has 3 aromatic rings. The Labute approximate surface area is 172 Å². The summed E-state index contributed by atoms with van der Waals surface area (Å²) < 4.78 is 24.7. The van der Waals surface area contributed by atoms with E-state index in [0.29, 0.717) is 30.3 Å². The van der Waals surface area contributed by atoms with E-state index in [1.165, 1.54) is 18.2 Å². The molecule has 0 radical (unpaired) electrons. The molecule has 7 heteroatoms. The van der Waals surface area contributed by atoms with Crippen molar-refractivity contribution in [1.82, 2.24) is 0 Å². The minimum absolute atomic E-state index is 0.0275. The summed E-state index contributed by atoms with van der Waals surface area (Å²) in [5, 5.41) is 14.5. The van der Waals surface area contributed by atoms with Crippen molar-refractivity contribution in [1.29, 1.82) is 0 Å². The lowest BCUT2D eigenvalue weighted by Crippen LogP contribution is -2.26. The SMILES string of the molecule is O=C(O)c1cc(Cl)c(OC2CCOCC2)cc1Nc1ccc2cc(F)ccc2c1. The first-order valence-corrected chi connectivity index (χ1v) is 9.65. The van der Waals surface area contributed by atoms with Crippen molar-refractivity contribution in [3.8, 4) is 5.75 Å². The molecule has 5 nitrogen and oxygen atoms in total. The van der Waals surface area contributed by atoms with E-state index in [4.69, 9.17) is 21.1 Å². The van der Waals surface area contributed by atoms with Crippen LogP contribution in [0.25, 0.3) is 10.8 Å². The van der Waals surface area contributed by atoms with E-state index in [-0.39, 0.29) is 22.5 Å². The largest absolute Gasteiger partial charge is 0.489 e. The summed E-state index contributed by atoms with van der Waals surface area (Å²) in [7, 11) is 0. The highest BCUT2D eigenvalue weighted by molar-refractivity contribution is 6.32. The fraction of sp³-hybridized carbons (Fsp3) is 0.227. The Morgan fingerprint density at radius 1 is 1.10 bits per heavy atom. The first kappa shape index (κ1) is 19.5. The maximum Gasteiger partial charge on any atom is 0.337 e. The Morgan fingerprint density at radius 3 is 2.59 bits per heavy atom. The van der Waals surface area contributed by atoms with E-state index >= 15 is 0 Å². The second kappa shape index (κ2) is 8.27. The number of hydrogen-bond donors (Lipinski definition) is 2. The zero-order valence-corrected chi connectivity index (χ0v) is 16.2. The van der Waals surface area contributed by atoms with Crippen LogP contribution < -0.4 is 10.1 Å². The number of carboxylic acids is 1. The van der Waals surface area contributed by atoms with Gasteiger partial charge in [0.15, 0.2) is 0 Å². The molecule has 2 N–H and O–H groups in total. The maximum atomic E-state index is 13.4. The summed E-state index contributed by atoms with van der Waals surface area (Å²) in [5.41, 5.74) is 1.07. The lowest BCUT2D eigenvalue weighted by molar-refractivity contribution is 0.0256. The summed E-state index contributed by atoms with van der Waals surface area (Å²) in [6.07, 6.45) is 1.47. The van der Waals surface area contributed by atoms with Crippen LogP contribution in [0.5, 0.6) is 5.75 Å². The minimum Gasteiger partial charge on any atom is -0.489 e. The van der Waals surface area contributed by atoms with Crippen LogP contribution in [-0.4, -0.2) is 30.4 Å². The molecule has 0 bridgehead atoms. The Kier molecular flexibility index (Phi) is 5.56. The molecule has 1 aliphatic heterocycles. The molecule has 29 heavy (non-hydrogen) atoms.